The molecule has 0 spiro atoms. The lowest BCUT2D eigenvalue weighted by atomic mass is 10.5. The van der Waals surface area contributed by atoms with E-state index >= 15 is 0 Å². The van der Waals surface area contributed by atoms with Gasteiger partial charge >= 0.3 is 11.9 Å². The molecule has 0 radical (unpaired) electrons. The Bertz CT molecular complexity index is 188. The van der Waals surface area contributed by atoms with Gasteiger partial charge < -0.3 is 19.7 Å². The number of aliphatic hydroxyl groups excluding tert-OH is 2. The Morgan fingerprint density at radius 1 is 0.929 bits per heavy atom. The highest BCUT2D eigenvalue weighted by Crippen LogP contribution is 1.85. The monoisotopic (exact) mass is 204 g/mol. The average Bonchev–Trinajstić information content (AvgIpc) is 2.20. The van der Waals surface area contributed by atoms with Crippen LogP contribution in [-0.4, -0.2) is 48.6 Å². The fourth-order valence-electron chi connectivity index (χ4n) is 0.525. The van der Waals surface area contributed by atoms with Gasteiger partial charge in [0.1, 0.15) is 13.2 Å². The van der Waals surface area contributed by atoms with Crippen LogP contribution in [0, 0.1) is 0 Å². The van der Waals surface area contributed by atoms with Crippen molar-refractivity contribution < 1.29 is 29.3 Å². The molecule has 6 heteroatoms. The highest BCUT2D eigenvalue weighted by atomic mass is 16.5. The zero-order valence-electron chi connectivity index (χ0n) is 7.51. The van der Waals surface area contributed by atoms with Gasteiger partial charge in [-0.25, -0.2) is 9.59 Å². The Hall–Kier alpha value is -1.40. The fraction of sp³-hybridized carbons (Fsp3) is 0.500. The summed E-state index contributed by atoms with van der Waals surface area (Å²) in [4.78, 5) is 21.4. The summed E-state index contributed by atoms with van der Waals surface area (Å²) < 4.78 is 8.83. The summed E-state index contributed by atoms with van der Waals surface area (Å²) in [6.07, 6.45) is 1.77. The zero-order chi connectivity index (χ0) is 10.8. The van der Waals surface area contributed by atoms with E-state index < -0.39 is 11.9 Å². The van der Waals surface area contributed by atoms with E-state index in [0.29, 0.717) is 0 Å². The molecule has 80 valence electrons. The maximum Gasteiger partial charge on any atom is 0.331 e. The standard InChI is InChI=1S/C8H12O6/c9-3-5-13-7(11)1-2-8(12)14-6-4-10/h1-2,9-10H,3-6H2/b2-1-. The smallest absolute Gasteiger partial charge is 0.331 e. The Morgan fingerprint density at radius 2 is 1.29 bits per heavy atom. The van der Waals surface area contributed by atoms with Gasteiger partial charge in [-0.2, -0.15) is 0 Å². The van der Waals surface area contributed by atoms with Crippen molar-refractivity contribution >= 4 is 11.9 Å². The normalized spacial score (nSPS) is 10.1. The van der Waals surface area contributed by atoms with Crippen LogP contribution in [0.3, 0.4) is 0 Å². The molecule has 0 unspecified atom stereocenters. The predicted molar refractivity (Wildman–Crippen MR) is 45.2 cm³/mol. The summed E-state index contributed by atoms with van der Waals surface area (Å²) in [7, 11) is 0. The zero-order valence-corrected chi connectivity index (χ0v) is 7.51. The molecule has 0 aliphatic rings. The first-order valence-electron chi connectivity index (χ1n) is 3.94. The summed E-state index contributed by atoms with van der Waals surface area (Å²) in [6.45, 7) is -0.771. The van der Waals surface area contributed by atoms with Gasteiger partial charge in [-0.1, -0.05) is 0 Å². The SMILES string of the molecule is O=C(/C=C\C(=O)OCCO)OCCO. The van der Waals surface area contributed by atoms with Crippen molar-refractivity contribution in [3.05, 3.63) is 12.2 Å². The largest absolute Gasteiger partial charge is 0.460 e. The minimum atomic E-state index is -0.736. The van der Waals surface area contributed by atoms with Gasteiger partial charge in [-0.15, -0.1) is 0 Å². The minimum absolute atomic E-state index is 0.116. The number of carbonyl (C=O) groups excluding carboxylic acids is 2. The number of hydrogen-bond donors (Lipinski definition) is 2. The summed E-state index contributed by atoms with van der Waals surface area (Å²) in [6, 6.07) is 0. The van der Waals surface area contributed by atoms with Gasteiger partial charge in [-0.3, -0.25) is 0 Å². The van der Waals surface area contributed by atoms with Gasteiger partial charge in [0.25, 0.3) is 0 Å². The molecule has 0 saturated heterocycles. The topological polar surface area (TPSA) is 93.1 Å². The van der Waals surface area contributed by atoms with Crippen molar-refractivity contribution in [3.63, 3.8) is 0 Å². The maximum atomic E-state index is 10.7. The van der Waals surface area contributed by atoms with Crippen LogP contribution < -0.4 is 0 Å². The molecule has 0 saturated carbocycles. The van der Waals surface area contributed by atoms with Crippen LogP contribution in [0.15, 0.2) is 12.2 Å². The average molecular weight is 204 g/mol. The van der Waals surface area contributed by atoms with E-state index in [1.54, 1.807) is 0 Å². The number of aliphatic hydroxyl groups is 2. The second-order valence-corrected chi connectivity index (χ2v) is 2.12. The lowest BCUT2D eigenvalue weighted by Crippen LogP contribution is -2.08. The molecule has 0 heterocycles. The lowest BCUT2D eigenvalue weighted by Gasteiger charge is -1.98. The number of rotatable bonds is 6. The first-order valence-corrected chi connectivity index (χ1v) is 3.94. The molecule has 0 amide bonds. The molecule has 0 atom stereocenters. The molecule has 0 aromatic rings. The van der Waals surface area contributed by atoms with Gasteiger partial charge in [0.2, 0.25) is 0 Å². The van der Waals surface area contributed by atoms with Crippen molar-refractivity contribution in [3.8, 4) is 0 Å². The van der Waals surface area contributed by atoms with E-state index in [9.17, 15) is 9.59 Å². The second kappa shape index (κ2) is 8.21. The van der Waals surface area contributed by atoms with Crippen molar-refractivity contribution in [2.75, 3.05) is 26.4 Å². The van der Waals surface area contributed by atoms with Gasteiger partial charge in [0, 0.05) is 12.2 Å². The van der Waals surface area contributed by atoms with Gasteiger partial charge in [0.15, 0.2) is 0 Å². The fourth-order valence-corrected chi connectivity index (χ4v) is 0.525. The molecule has 14 heavy (non-hydrogen) atoms. The summed E-state index contributed by atoms with van der Waals surface area (Å²) in [5.41, 5.74) is 0. The van der Waals surface area contributed by atoms with Crippen molar-refractivity contribution in [2.24, 2.45) is 0 Å². The molecule has 0 rings (SSSR count). The van der Waals surface area contributed by atoms with Crippen LogP contribution in [0.4, 0.5) is 0 Å². The molecule has 0 aliphatic carbocycles. The molecule has 2 N–H and O–H groups in total. The third-order valence-corrected chi connectivity index (χ3v) is 1.03. The van der Waals surface area contributed by atoms with Crippen LogP contribution in [0.5, 0.6) is 0 Å². The molecular formula is C8H12O6. The quantitative estimate of drug-likeness (QED) is 0.409. The third kappa shape index (κ3) is 7.26. The Balaban J connectivity index is 3.68. The molecule has 0 aromatic heterocycles. The molecule has 6 nitrogen and oxygen atoms in total. The molecule has 0 bridgehead atoms. The van der Waals surface area contributed by atoms with Gasteiger partial charge in [0.05, 0.1) is 13.2 Å². The van der Waals surface area contributed by atoms with Crippen LogP contribution >= 0.6 is 0 Å². The second-order valence-electron chi connectivity index (χ2n) is 2.12. The Labute approximate surface area is 80.7 Å². The van der Waals surface area contributed by atoms with Crippen molar-refractivity contribution in [1.29, 1.82) is 0 Å². The first kappa shape index (κ1) is 12.6. The number of hydrogen-bond acceptors (Lipinski definition) is 6. The van der Waals surface area contributed by atoms with E-state index in [1.807, 2.05) is 0 Å². The van der Waals surface area contributed by atoms with E-state index in [-0.39, 0.29) is 26.4 Å². The highest BCUT2D eigenvalue weighted by molar-refractivity contribution is 5.91. The predicted octanol–water partition coefficient (Wildman–Crippen LogP) is -1.39. The van der Waals surface area contributed by atoms with Crippen molar-refractivity contribution in [2.45, 2.75) is 0 Å². The number of esters is 2. The van der Waals surface area contributed by atoms with Crippen LogP contribution in [-0.2, 0) is 19.1 Å². The number of carbonyl (C=O) groups is 2. The van der Waals surface area contributed by atoms with E-state index in [0.717, 1.165) is 12.2 Å². The summed E-state index contributed by atoms with van der Waals surface area (Å²) in [5, 5.41) is 16.6. The molecule has 0 fully saturated rings. The molecule has 0 aromatic carbocycles. The molecule has 0 aliphatic heterocycles. The van der Waals surface area contributed by atoms with Crippen molar-refractivity contribution in [1.82, 2.24) is 0 Å². The molecular weight excluding hydrogens is 192 g/mol. The lowest BCUT2D eigenvalue weighted by molar-refractivity contribution is -0.141. The Kier molecular flexibility index (Phi) is 7.39. The number of ether oxygens (including phenoxy) is 2. The van der Waals surface area contributed by atoms with Gasteiger partial charge in [-0.05, 0) is 0 Å². The van der Waals surface area contributed by atoms with Crippen LogP contribution in [0.25, 0.3) is 0 Å². The van der Waals surface area contributed by atoms with E-state index in [1.165, 1.54) is 0 Å². The maximum absolute atomic E-state index is 10.7. The van der Waals surface area contributed by atoms with Crippen LogP contribution in [0.1, 0.15) is 0 Å². The summed E-state index contributed by atoms with van der Waals surface area (Å²) in [5.74, 6) is -1.47. The first-order chi connectivity index (χ1) is 6.70. The van der Waals surface area contributed by atoms with E-state index in [4.69, 9.17) is 10.2 Å². The van der Waals surface area contributed by atoms with Crippen LogP contribution in [0.2, 0.25) is 0 Å². The Morgan fingerprint density at radius 3 is 1.57 bits per heavy atom. The minimum Gasteiger partial charge on any atom is -0.460 e. The summed E-state index contributed by atoms with van der Waals surface area (Å²) >= 11 is 0. The highest BCUT2D eigenvalue weighted by Gasteiger charge is 1.99. The third-order valence-electron chi connectivity index (χ3n) is 1.03. The van der Waals surface area contributed by atoms with E-state index in [2.05, 4.69) is 9.47 Å².